The van der Waals surface area contributed by atoms with E-state index in [-0.39, 0.29) is 12.3 Å². The van der Waals surface area contributed by atoms with Crippen LogP contribution in [-0.2, 0) is 24.7 Å². The highest BCUT2D eigenvalue weighted by Gasteiger charge is 2.27. The van der Waals surface area contributed by atoms with Gasteiger partial charge in [0.1, 0.15) is 16.8 Å². The van der Waals surface area contributed by atoms with Crippen molar-refractivity contribution in [3.05, 3.63) is 71.4 Å². The van der Waals surface area contributed by atoms with Gasteiger partial charge in [0, 0.05) is 43.8 Å². The van der Waals surface area contributed by atoms with Crippen LogP contribution >= 0.6 is 11.6 Å². The number of rotatable bonds is 5. The van der Waals surface area contributed by atoms with Gasteiger partial charge in [-0.25, -0.2) is 19.9 Å². The average molecular weight is 447 g/mol. The largest absolute Gasteiger partial charge is 0.309 e. The molecule has 5 heterocycles. The summed E-state index contributed by atoms with van der Waals surface area (Å²) in [4.78, 5) is 32.1. The molecule has 0 saturated carbocycles. The third-order valence-electron chi connectivity index (χ3n) is 5.29. The molecule has 4 aromatic rings. The van der Waals surface area contributed by atoms with Crippen molar-refractivity contribution in [3.8, 4) is 11.3 Å². The van der Waals surface area contributed by atoms with Crippen LogP contribution in [0.3, 0.4) is 0 Å². The number of hydrogen-bond acceptors (Lipinski definition) is 7. The van der Waals surface area contributed by atoms with E-state index in [0.717, 1.165) is 29.1 Å². The monoisotopic (exact) mass is 446 g/mol. The zero-order valence-electron chi connectivity index (χ0n) is 17.2. The molecule has 10 heteroatoms. The molecule has 0 aromatic carbocycles. The molecule has 0 bridgehead atoms. The highest BCUT2D eigenvalue weighted by molar-refractivity contribution is 6.30. The SMILES string of the molecule is Cn1nccc1Nc1nccc(-c2cnc3c(c2)CCN3C(=O)Cc2cccnc2Cl)n1. The second-order valence-electron chi connectivity index (χ2n) is 7.36. The molecule has 0 unspecified atom stereocenters. The van der Waals surface area contributed by atoms with E-state index in [1.165, 1.54) is 0 Å². The molecule has 1 aliphatic rings. The topological polar surface area (TPSA) is 102 Å². The van der Waals surface area contributed by atoms with Gasteiger partial charge in [-0.1, -0.05) is 17.7 Å². The molecule has 1 N–H and O–H groups in total. The van der Waals surface area contributed by atoms with Crippen molar-refractivity contribution in [1.29, 1.82) is 0 Å². The minimum absolute atomic E-state index is 0.0522. The molecule has 160 valence electrons. The van der Waals surface area contributed by atoms with Crippen LogP contribution in [0.1, 0.15) is 11.1 Å². The van der Waals surface area contributed by atoms with E-state index in [1.54, 1.807) is 40.4 Å². The molecule has 5 rings (SSSR count). The molecular weight excluding hydrogens is 428 g/mol. The van der Waals surface area contributed by atoms with Gasteiger partial charge < -0.3 is 5.32 Å². The number of carbonyl (C=O) groups excluding carboxylic acids is 1. The molecule has 0 radical (unpaired) electrons. The Kier molecular flexibility index (Phi) is 5.24. The summed E-state index contributed by atoms with van der Waals surface area (Å²) < 4.78 is 1.71. The maximum absolute atomic E-state index is 12.9. The molecule has 0 atom stereocenters. The Bertz CT molecular complexity index is 1300. The molecule has 0 saturated heterocycles. The number of halogens is 1. The second-order valence-corrected chi connectivity index (χ2v) is 7.72. The van der Waals surface area contributed by atoms with Gasteiger partial charge in [0.15, 0.2) is 0 Å². The zero-order chi connectivity index (χ0) is 22.1. The van der Waals surface area contributed by atoms with Crippen molar-refractivity contribution in [2.24, 2.45) is 7.05 Å². The highest BCUT2D eigenvalue weighted by atomic mass is 35.5. The maximum Gasteiger partial charge on any atom is 0.232 e. The summed E-state index contributed by atoms with van der Waals surface area (Å²) in [5.41, 5.74) is 3.32. The van der Waals surface area contributed by atoms with Crippen molar-refractivity contribution in [3.63, 3.8) is 0 Å². The van der Waals surface area contributed by atoms with E-state index < -0.39 is 0 Å². The van der Waals surface area contributed by atoms with E-state index >= 15 is 0 Å². The van der Waals surface area contributed by atoms with Crippen molar-refractivity contribution in [2.75, 3.05) is 16.8 Å². The minimum atomic E-state index is -0.0522. The lowest BCUT2D eigenvalue weighted by atomic mass is 10.1. The number of amides is 1. The number of carbonyl (C=O) groups is 1. The first-order valence-electron chi connectivity index (χ1n) is 10.1. The molecule has 0 aliphatic carbocycles. The van der Waals surface area contributed by atoms with Crippen molar-refractivity contribution < 1.29 is 4.79 Å². The summed E-state index contributed by atoms with van der Waals surface area (Å²) >= 11 is 6.11. The van der Waals surface area contributed by atoms with Gasteiger partial charge in [-0.15, -0.1) is 0 Å². The predicted octanol–water partition coefficient (Wildman–Crippen LogP) is 3.20. The lowest BCUT2D eigenvalue weighted by Crippen LogP contribution is -2.31. The fourth-order valence-corrected chi connectivity index (χ4v) is 3.84. The third kappa shape index (κ3) is 3.90. The van der Waals surface area contributed by atoms with E-state index in [9.17, 15) is 4.79 Å². The number of nitrogens with one attached hydrogen (secondary N) is 1. The first-order valence-corrected chi connectivity index (χ1v) is 10.4. The molecule has 4 aromatic heterocycles. The summed E-state index contributed by atoms with van der Waals surface area (Å²) in [7, 11) is 1.84. The quantitative estimate of drug-likeness (QED) is 0.469. The van der Waals surface area contributed by atoms with Crippen LogP contribution in [0.4, 0.5) is 17.6 Å². The van der Waals surface area contributed by atoms with Gasteiger partial charge in [0.25, 0.3) is 0 Å². The average Bonchev–Trinajstić information content (AvgIpc) is 3.41. The maximum atomic E-state index is 12.9. The lowest BCUT2D eigenvalue weighted by molar-refractivity contribution is -0.117. The Morgan fingerprint density at radius 3 is 2.88 bits per heavy atom. The third-order valence-corrected chi connectivity index (χ3v) is 5.63. The Labute approximate surface area is 189 Å². The number of anilines is 3. The van der Waals surface area contributed by atoms with Crippen LogP contribution in [-0.4, -0.2) is 42.2 Å². The van der Waals surface area contributed by atoms with Gasteiger partial charge in [0.2, 0.25) is 11.9 Å². The number of aryl methyl sites for hydroxylation is 1. The number of pyridine rings is 2. The van der Waals surface area contributed by atoms with E-state index in [2.05, 4.69) is 30.4 Å². The first-order chi connectivity index (χ1) is 15.6. The highest BCUT2D eigenvalue weighted by Crippen LogP contribution is 2.30. The summed E-state index contributed by atoms with van der Waals surface area (Å²) in [6.45, 7) is 0.583. The Morgan fingerprint density at radius 1 is 1.16 bits per heavy atom. The molecular formula is C22H19ClN8O. The Balaban J connectivity index is 1.36. The minimum Gasteiger partial charge on any atom is -0.309 e. The zero-order valence-corrected chi connectivity index (χ0v) is 18.0. The number of nitrogens with zero attached hydrogens (tertiary/aromatic N) is 7. The van der Waals surface area contributed by atoms with E-state index in [0.29, 0.717) is 29.0 Å². The van der Waals surface area contributed by atoms with Crippen LogP contribution in [0.25, 0.3) is 11.3 Å². The van der Waals surface area contributed by atoms with Gasteiger partial charge in [-0.2, -0.15) is 5.10 Å². The first kappa shape index (κ1) is 20.1. The summed E-state index contributed by atoms with van der Waals surface area (Å²) in [5, 5.41) is 7.63. The van der Waals surface area contributed by atoms with Gasteiger partial charge in [-0.05, 0) is 35.7 Å². The summed E-state index contributed by atoms with van der Waals surface area (Å²) in [5.74, 6) is 1.89. The van der Waals surface area contributed by atoms with E-state index in [1.807, 2.05) is 31.3 Å². The molecule has 0 fully saturated rings. The van der Waals surface area contributed by atoms with Crippen LogP contribution in [0.15, 0.2) is 55.1 Å². The fraction of sp³-hybridized carbons (Fsp3) is 0.182. The lowest BCUT2D eigenvalue weighted by Gasteiger charge is -2.16. The standard InChI is InChI=1S/C22H19ClN8O/c1-30-18(5-9-27-30)29-22-25-8-4-17(28-22)16-11-15-6-10-31(21(15)26-13-16)19(32)12-14-3-2-7-24-20(14)23/h2-5,7-9,11,13H,6,10,12H2,1H3,(H,25,28,29). The molecule has 1 aliphatic heterocycles. The van der Waals surface area contributed by atoms with Gasteiger partial charge in [0.05, 0.1) is 18.3 Å². The van der Waals surface area contributed by atoms with Crippen molar-refractivity contribution in [2.45, 2.75) is 12.8 Å². The number of aromatic nitrogens is 6. The fourth-order valence-electron chi connectivity index (χ4n) is 3.65. The second kappa shape index (κ2) is 8.35. The van der Waals surface area contributed by atoms with Crippen molar-refractivity contribution in [1.82, 2.24) is 29.7 Å². The predicted molar refractivity (Wildman–Crippen MR) is 121 cm³/mol. The Hall–Kier alpha value is -3.85. The number of fused-ring (bicyclic) bond motifs is 1. The van der Waals surface area contributed by atoms with Gasteiger partial charge in [-0.3, -0.25) is 14.4 Å². The summed E-state index contributed by atoms with van der Waals surface area (Å²) in [6, 6.07) is 9.29. The Morgan fingerprint density at radius 2 is 2.06 bits per heavy atom. The van der Waals surface area contributed by atoms with Crippen LogP contribution in [0, 0.1) is 0 Å². The molecule has 0 spiro atoms. The van der Waals surface area contributed by atoms with Crippen LogP contribution < -0.4 is 10.2 Å². The number of hydrogen-bond donors (Lipinski definition) is 1. The van der Waals surface area contributed by atoms with Gasteiger partial charge >= 0.3 is 0 Å². The molecule has 9 nitrogen and oxygen atoms in total. The van der Waals surface area contributed by atoms with Crippen molar-refractivity contribution >= 4 is 35.1 Å². The summed E-state index contributed by atoms with van der Waals surface area (Å²) in [6.07, 6.45) is 7.65. The molecule has 1 amide bonds. The van der Waals surface area contributed by atoms with Crippen LogP contribution in [0.5, 0.6) is 0 Å². The normalized spacial score (nSPS) is 12.6. The smallest absolute Gasteiger partial charge is 0.232 e. The van der Waals surface area contributed by atoms with Crippen LogP contribution in [0.2, 0.25) is 5.15 Å². The molecule has 32 heavy (non-hydrogen) atoms. The van der Waals surface area contributed by atoms with E-state index in [4.69, 9.17) is 11.6 Å².